The van der Waals surface area contributed by atoms with Gasteiger partial charge >= 0.3 is 0 Å². The third kappa shape index (κ3) is 2.65. The number of amides is 2. The lowest BCUT2D eigenvalue weighted by Gasteiger charge is -2.20. The van der Waals surface area contributed by atoms with Crippen molar-refractivity contribution in [2.45, 2.75) is 13.3 Å². The molecule has 0 fully saturated rings. The molecule has 2 N–H and O–H groups in total. The van der Waals surface area contributed by atoms with E-state index >= 15 is 0 Å². The number of hydrogen-bond acceptors (Lipinski definition) is 4. The van der Waals surface area contributed by atoms with Crippen LogP contribution in [0.4, 0.5) is 11.4 Å². The minimum absolute atomic E-state index is 0.205. The van der Waals surface area contributed by atoms with Gasteiger partial charge in [0.25, 0.3) is 5.91 Å². The molecular formula is C17H16N2O3. The Bertz CT molecular complexity index is 755. The molecule has 0 spiro atoms. The molecule has 0 saturated carbocycles. The number of fused-ring (bicyclic) bond motifs is 1. The van der Waals surface area contributed by atoms with E-state index in [4.69, 9.17) is 0 Å². The van der Waals surface area contributed by atoms with Crippen molar-refractivity contribution in [1.82, 2.24) is 5.32 Å². The Morgan fingerprint density at radius 3 is 2.73 bits per heavy atom. The van der Waals surface area contributed by atoms with Gasteiger partial charge in [-0.05, 0) is 36.2 Å². The highest BCUT2D eigenvalue weighted by Gasteiger charge is 2.22. The number of carbonyl (C=O) groups is 2. The van der Waals surface area contributed by atoms with Crippen molar-refractivity contribution in [3.05, 3.63) is 53.6 Å². The first-order chi connectivity index (χ1) is 10.5. The fraction of sp³-hybridized carbons (Fsp3) is 0.176. The second-order valence-electron chi connectivity index (χ2n) is 5.28. The number of hydrogen-bond donors (Lipinski definition) is 2. The number of benzene rings is 2. The van der Waals surface area contributed by atoms with Crippen LogP contribution in [-0.2, 0) is 11.2 Å². The molecule has 0 unspecified atom stereocenters. The minimum atomic E-state index is -0.405. The second kappa shape index (κ2) is 5.52. The van der Waals surface area contributed by atoms with Gasteiger partial charge in [0.15, 0.2) is 0 Å². The fourth-order valence-electron chi connectivity index (χ4n) is 2.68. The second-order valence-corrected chi connectivity index (χ2v) is 5.28. The number of nitrogens with zero attached hydrogens (tertiary/aromatic N) is 1. The Hall–Kier alpha value is -2.82. The van der Waals surface area contributed by atoms with Crippen LogP contribution in [0.25, 0.3) is 0 Å². The molecule has 0 radical (unpaired) electrons. The van der Waals surface area contributed by atoms with E-state index in [0.717, 1.165) is 29.9 Å². The van der Waals surface area contributed by atoms with Crippen molar-refractivity contribution in [3.8, 4) is 5.75 Å². The zero-order valence-electron chi connectivity index (χ0n) is 12.2. The lowest BCUT2D eigenvalue weighted by atomic mass is 10.1. The normalized spacial score (nSPS) is 12.9. The van der Waals surface area contributed by atoms with Crippen molar-refractivity contribution in [3.63, 3.8) is 0 Å². The maximum atomic E-state index is 12.0. The summed E-state index contributed by atoms with van der Waals surface area (Å²) in [4.78, 5) is 25.0. The summed E-state index contributed by atoms with van der Waals surface area (Å²) < 4.78 is 0. The molecule has 2 aromatic rings. The van der Waals surface area contributed by atoms with E-state index in [-0.39, 0.29) is 11.7 Å². The zero-order chi connectivity index (χ0) is 15.7. The van der Waals surface area contributed by atoms with Gasteiger partial charge in [-0.3, -0.25) is 14.9 Å². The van der Waals surface area contributed by atoms with Gasteiger partial charge in [0.05, 0.1) is 0 Å². The Morgan fingerprint density at radius 1 is 1.18 bits per heavy atom. The molecule has 2 aromatic carbocycles. The number of aromatic hydroxyl groups is 1. The van der Waals surface area contributed by atoms with Crippen molar-refractivity contribution in [2.24, 2.45) is 0 Å². The number of phenolic OH excluding ortho intramolecular Hbond substituents is 1. The van der Waals surface area contributed by atoms with Crippen LogP contribution < -0.4 is 10.2 Å². The summed E-state index contributed by atoms with van der Waals surface area (Å²) in [5.41, 5.74) is 3.40. The molecule has 0 aromatic heterocycles. The van der Waals surface area contributed by atoms with E-state index < -0.39 is 5.91 Å². The molecule has 5 heteroatoms. The molecule has 22 heavy (non-hydrogen) atoms. The monoisotopic (exact) mass is 296 g/mol. The van der Waals surface area contributed by atoms with Crippen molar-refractivity contribution >= 4 is 23.2 Å². The van der Waals surface area contributed by atoms with Crippen LogP contribution in [0.3, 0.4) is 0 Å². The largest absolute Gasteiger partial charge is 0.508 e. The maximum absolute atomic E-state index is 12.0. The van der Waals surface area contributed by atoms with Crippen LogP contribution >= 0.6 is 0 Å². The Balaban J connectivity index is 1.95. The van der Waals surface area contributed by atoms with Gasteiger partial charge < -0.3 is 10.0 Å². The predicted molar refractivity (Wildman–Crippen MR) is 83.4 cm³/mol. The lowest BCUT2D eigenvalue weighted by molar-refractivity contribution is -0.118. The molecule has 3 rings (SSSR count). The predicted octanol–water partition coefficient (Wildman–Crippen LogP) is 2.36. The number of imide groups is 1. The van der Waals surface area contributed by atoms with E-state index in [1.165, 1.54) is 6.92 Å². The summed E-state index contributed by atoms with van der Waals surface area (Å²) in [5, 5.41) is 11.9. The first-order valence-electron chi connectivity index (χ1n) is 7.06. The first-order valence-corrected chi connectivity index (χ1v) is 7.06. The van der Waals surface area contributed by atoms with E-state index in [9.17, 15) is 14.7 Å². The Labute approximate surface area is 128 Å². The van der Waals surface area contributed by atoms with E-state index in [1.807, 2.05) is 12.1 Å². The van der Waals surface area contributed by atoms with Gasteiger partial charge in [-0.2, -0.15) is 0 Å². The summed E-state index contributed by atoms with van der Waals surface area (Å²) in [7, 11) is 0. The molecule has 0 saturated heterocycles. The number of rotatable bonds is 2. The number of phenols is 1. The fourth-order valence-corrected chi connectivity index (χ4v) is 2.68. The van der Waals surface area contributed by atoms with E-state index in [2.05, 4.69) is 10.2 Å². The third-order valence-electron chi connectivity index (χ3n) is 3.67. The molecule has 5 nitrogen and oxygen atoms in total. The molecule has 0 aliphatic carbocycles. The average Bonchev–Trinajstić information content (AvgIpc) is 2.89. The minimum Gasteiger partial charge on any atom is -0.508 e. The Morgan fingerprint density at radius 2 is 2.00 bits per heavy atom. The number of nitrogens with one attached hydrogen (secondary N) is 1. The summed E-state index contributed by atoms with van der Waals surface area (Å²) >= 11 is 0. The molecule has 0 atom stereocenters. The molecule has 1 aliphatic heterocycles. The molecule has 1 heterocycles. The molecule has 112 valence electrons. The van der Waals surface area contributed by atoms with Crippen LogP contribution in [0.1, 0.15) is 22.8 Å². The number of carbonyl (C=O) groups excluding carboxylic acids is 2. The molecule has 0 bridgehead atoms. The van der Waals surface area contributed by atoms with Gasteiger partial charge in [-0.25, -0.2) is 0 Å². The quantitative estimate of drug-likeness (QED) is 0.892. The van der Waals surface area contributed by atoms with Gasteiger partial charge in [0.2, 0.25) is 5.91 Å². The van der Waals surface area contributed by atoms with Crippen LogP contribution in [0, 0.1) is 0 Å². The zero-order valence-corrected chi connectivity index (χ0v) is 12.2. The van der Waals surface area contributed by atoms with Crippen molar-refractivity contribution in [1.29, 1.82) is 0 Å². The number of anilines is 2. The SMILES string of the molecule is CC(=O)NC(=O)c1ccc2c(c1)N(c1cccc(O)c1)CC2. The molecular weight excluding hydrogens is 280 g/mol. The van der Waals surface area contributed by atoms with Gasteiger partial charge in [-0.15, -0.1) is 0 Å². The summed E-state index contributed by atoms with van der Waals surface area (Å²) in [6.07, 6.45) is 0.875. The molecule has 1 aliphatic rings. The van der Waals surface area contributed by atoms with Crippen molar-refractivity contribution < 1.29 is 14.7 Å². The lowest BCUT2D eigenvalue weighted by Crippen LogP contribution is -2.28. The third-order valence-corrected chi connectivity index (χ3v) is 3.67. The summed E-state index contributed by atoms with van der Waals surface area (Å²) in [6, 6.07) is 12.4. The highest BCUT2D eigenvalue weighted by atomic mass is 16.3. The van der Waals surface area contributed by atoms with Gasteiger partial charge in [0, 0.05) is 36.5 Å². The van der Waals surface area contributed by atoms with Crippen LogP contribution in [0.2, 0.25) is 0 Å². The smallest absolute Gasteiger partial charge is 0.257 e. The summed E-state index contributed by atoms with van der Waals surface area (Å²) in [5.74, 6) is -0.579. The summed E-state index contributed by atoms with van der Waals surface area (Å²) in [6.45, 7) is 2.10. The first kappa shape index (κ1) is 14.1. The van der Waals surface area contributed by atoms with E-state index in [0.29, 0.717) is 5.56 Å². The average molecular weight is 296 g/mol. The van der Waals surface area contributed by atoms with Crippen molar-refractivity contribution in [2.75, 3.05) is 11.4 Å². The maximum Gasteiger partial charge on any atom is 0.257 e. The standard InChI is InChI=1S/C17H16N2O3/c1-11(20)18-17(22)13-6-5-12-7-8-19(16(12)9-13)14-3-2-4-15(21)10-14/h2-6,9-10,21H,7-8H2,1H3,(H,18,20,22). The van der Waals surface area contributed by atoms with Crippen LogP contribution in [0.5, 0.6) is 5.75 Å². The van der Waals surface area contributed by atoms with Gasteiger partial charge in [0.1, 0.15) is 5.75 Å². The van der Waals surface area contributed by atoms with Crippen LogP contribution in [-0.4, -0.2) is 23.5 Å². The highest BCUT2D eigenvalue weighted by molar-refractivity contribution is 6.04. The van der Waals surface area contributed by atoms with E-state index in [1.54, 1.807) is 30.3 Å². The highest BCUT2D eigenvalue weighted by Crippen LogP contribution is 2.36. The molecule has 2 amide bonds. The van der Waals surface area contributed by atoms with Gasteiger partial charge in [-0.1, -0.05) is 12.1 Å². The van der Waals surface area contributed by atoms with Crippen LogP contribution in [0.15, 0.2) is 42.5 Å². The topological polar surface area (TPSA) is 69.6 Å². The Kier molecular flexibility index (Phi) is 3.55.